The maximum absolute atomic E-state index is 5.81. The average Bonchev–Trinajstić information content (AvgIpc) is 2.44. The van der Waals surface area contributed by atoms with E-state index in [1.165, 1.54) is 17.5 Å². The smallest absolute Gasteiger partial charge is 0.128 e. The molecule has 20 heavy (non-hydrogen) atoms. The largest absolute Gasteiger partial charge is 0.397 e. The monoisotopic (exact) mass is 269 g/mol. The Morgan fingerprint density at radius 3 is 2.40 bits per heavy atom. The van der Waals surface area contributed by atoms with Crippen LogP contribution in [0.5, 0.6) is 0 Å². The number of nitrogens with zero attached hydrogens (tertiary/aromatic N) is 2. The SMILES string of the molecule is CCCc1ccc(CN(C)c2cc(C)c(N)cn2)cc1. The van der Waals surface area contributed by atoms with Crippen molar-refractivity contribution in [3.8, 4) is 0 Å². The molecule has 1 aromatic heterocycles. The minimum atomic E-state index is 0.742. The summed E-state index contributed by atoms with van der Waals surface area (Å²) in [4.78, 5) is 6.52. The molecule has 0 amide bonds. The Kier molecular flexibility index (Phi) is 4.61. The molecule has 106 valence electrons. The van der Waals surface area contributed by atoms with E-state index in [1.54, 1.807) is 6.20 Å². The maximum Gasteiger partial charge on any atom is 0.128 e. The van der Waals surface area contributed by atoms with E-state index in [0.29, 0.717) is 0 Å². The van der Waals surface area contributed by atoms with Crippen LogP contribution >= 0.6 is 0 Å². The van der Waals surface area contributed by atoms with Gasteiger partial charge in [-0.2, -0.15) is 0 Å². The van der Waals surface area contributed by atoms with Gasteiger partial charge in [0.1, 0.15) is 5.82 Å². The van der Waals surface area contributed by atoms with Gasteiger partial charge in [0.25, 0.3) is 0 Å². The van der Waals surface area contributed by atoms with Gasteiger partial charge in [-0.3, -0.25) is 0 Å². The Balaban J connectivity index is 2.06. The highest BCUT2D eigenvalue weighted by molar-refractivity contribution is 5.52. The fourth-order valence-electron chi connectivity index (χ4n) is 2.22. The van der Waals surface area contributed by atoms with Crippen LogP contribution in [0.15, 0.2) is 36.5 Å². The highest BCUT2D eigenvalue weighted by Crippen LogP contribution is 2.18. The molecule has 2 rings (SSSR count). The summed E-state index contributed by atoms with van der Waals surface area (Å²) in [5.41, 5.74) is 10.3. The molecular formula is C17H23N3. The second-order valence-corrected chi connectivity index (χ2v) is 5.32. The summed E-state index contributed by atoms with van der Waals surface area (Å²) < 4.78 is 0. The van der Waals surface area contributed by atoms with Gasteiger partial charge in [0.05, 0.1) is 11.9 Å². The van der Waals surface area contributed by atoms with Gasteiger partial charge in [-0.1, -0.05) is 37.6 Å². The predicted octanol–water partition coefficient (Wildman–Crippen LogP) is 3.56. The number of pyridine rings is 1. The van der Waals surface area contributed by atoms with Gasteiger partial charge in [-0.15, -0.1) is 0 Å². The molecule has 0 radical (unpaired) electrons. The zero-order chi connectivity index (χ0) is 14.5. The molecule has 0 fully saturated rings. The third kappa shape index (κ3) is 3.50. The van der Waals surface area contributed by atoms with Crippen molar-refractivity contribution in [2.24, 2.45) is 0 Å². The fraction of sp³-hybridized carbons (Fsp3) is 0.353. The second-order valence-electron chi connectivity index (χ2n) is 5.32. The second kappa shape index (κ2) is 6.42. The van der Waals surface area contributed by atoms with Crippen molar-refractivity contribution in [1.29, 1.82) is 0 Å². The first-order valence-electron chi connectivity index (χ1n) is 7.11. The van der Waals surface area contributed by atoms with Crippen LogP contribution < -0.4 is 10.6 Å². The van der Waals surface area contributed by atoms with E-state index in [1.807, 2.05) is 13.0 Å². The molecule has 0 atom stereocenters. The molecule has 2 N–H and O–H groups in total. The van der Waals surface area contributed by atoms with Crippen molar-refractivity contribution in [3.05, 3.63) is 53.2 Å². The number of aromatic nitrogens is 1. The first-order chi connectivity index (χ1) is 9.60. The van der Waals surface area contributed by atoms with Gasteiger partial charge < -0.3 is 10.6 Å². The van der Waals surface area contributed by atoms with Gasteiger partial charge >= 0.3 is 0 Å². The lowest BCUT2D eigenvalue weighted by atomic mass is 10.1. The van der Waals surface area contributed by atoms with Crippen LogP contribution in [0.3, 0.4) is 0 Å². The predicted molar refractivity (Wildman–Crippen MR) is 85.9 cm³/mol. The average molecular weight is 269 g/mol. The zero-order valence-corrected chi connectivity index (χ0v) is 12.6. The summed E-state index contributed by atoms with van der Waals surface area (Å²) in [6.07, 6.45) is 4.06. The number of aryl methyl sites for hydroxylation is 2. The Morgan fingerprint density at radius 1 is 1.15 bits per heavy atom. The van der Waals surface area contributed by atoms with Crippen LogP contribution in [-0.2, 0) is 13.0 Å². The first-order valence-corrected chi connectivity index (χ1v) is 7.11. The molecular weight excluding hydrogens is 246 g/mol. The number of benzene rings is 1. The number of nitrogens with two attached hydrogens (primary N) is 1. The molecule has 0 saturated carbocycles. The van der Waals surface area contributed by atoms with Gasteiger partial charge in [0.2, 0.25) is 0 Å². The van der Waals surface area contributed by atoms with E-state index < -0.39 is 0 Å². The molecule has 1 heterocycles. The van der Waals surface area contributed by atoms with E-state index in [4.69, 9.17) is 5.73 Å². The van der Waals surface area contributed by atoms with E-state index in [-0.39, 0.29) is 0 Å². The molecule has 1 aromatic carbocycles. The lowest BCUT2D eigenvalue weighted by Gasteiger charge is -2.19. The number of rotatable bonds is 5. The van der Waals surface area contributed by atoms with E-state index in [2.05, 4.69) is 48.1 Å². The molecule has 3 heteroatoms. The third-order valence-corrected chi connectivity index (χ3v) is 3.51. The normalized spacial score (nSPS) is 10.6. The van der Waals surface area contributed by atoms with Crippen LogP contribution in [0.2, 0.25) is 0 Å². The summed E-state index contributed by atoms with van der Waals surface area (Å²) in [5, 5.41) is 0. The third-order valence-electron chi connectivity index (χ3n) is 3.51. The molecule has 0 unspecified atom stereocenters. The Hall–Kier alpha value is -2.03. The van der Waals surface area contributed by atoms with Crippen molar-refractivity contribution >= 4 is 11.5 Å². The topological polar surface area (TPSA) is 42.1 Å². The summed E-state index contributed by atoms with van der Waals surface area (Å²) in [7, 11) is 2.05. The minimum Gasteiger partial charge on any atom is -0.397 e. The van der Waals surface area contributed by atoms with Gasteiger partial charge in [-0.25, -0.2) is 4.98 Å². The molecule has 0 bridgehead atoms. The Labute approximate surface area is 121 Å². The summed E-state index contributed by atoms with van der Waals surface area (Å²) in [6, 6.07) is 10.9. The lowest BCUT2D eigenvalue weighted by molar-refractivity contribution is 0.889. The van der Waals surface area contributed by atoms with Gasteiger partial charge in [0.15, 0.2) is 0 Å². The fourth-order valence-corrected chi connectivity index (χ4v) is 2.22. The first kappa shape index (κ1) is 14.4. The molecule has 0 saturated heterocycles. The molecule has 0 spiro atoms. The molecule has 3 nitrogen and oxygen atoms in total. The Morgan fingerprint density at radius 2 is 1.80 bits per heavy atom. The zero-order valence-electron chi connectivity index (χ0n) is 12.6. The molecule has 0 aliphatic heterocycles. The molecule has 2 aromatic rings. The van der Waals surface area contributed by atoms with Crippen molar-refractivity contribution in [3.63, 3.8) is 0 Å². The Bertz CT molecular complexity index is 561. The number of nitrogen functional groups attached to an aromatic ring is 1. The summed E-state index contributed by atoms with van der Waals surface area (Å²) in [5.74, 6) is 0.953. The van der Waals surface area contributed by atoms with Crippen molar-refractivity contribution in [2.45, 2.75) is 33.2 Å². The van der Waals surface area contributed by atoms with Crippen molar-refractivity contribution < 1.29 is 0 Å². The standard InChI is InChI=1S/C17H23N3/c1-4-5-14-6-8-15(9-7-14)12-20(3)17-10-13(2)16(18)11-19-17/h6-11H,4-5,12,18H2,1-3H3. The van der Waals surface area contributed by atoms with Crippen LogP contribution in [0.1, 0.15) is 30.0 Å². The van der Waals surface area contributed by atoms with Crippen LogP contribution in [0.25, 0.3) is 0 Å². The van der Waals surface area contributed by atoms with E-state index >= 15 is 0 Å². The number of hydrogen-bond acceptors (Lipinski definition) is 3. The van der Waals surface area contributed by atoms with Gasteiger partial charge in [0, 0.05) is 13.6 Å². The van der Waals surface area contributed by atoms with Crippen LogP contribution in [0, 0.1) is 6.92 Å². The lowest BCUT2D eigenvalue weighted by Crippen LogP contribution is -2.18. The van der Waals surface area contributed by atoms with E-state index in [0.717, 1.165) is 30.0 Å². The summed E-state index contributed by atoms with van der Waals surface area (Å²) in [6.45, 7) is 5.06. The van der Waals surface area contributed by atoms with E-state index in [9.17, 15) is 0 Å². The van der Waals surface area contributed by atoms with Crippen molar-refractivity contribution in [1.82, 2.24) is 4.98 Å². The maximum atomic E-state index is 5.81. The molecule has 0 aliphatic carbocycles. The number of hydrogen-bond donors (Lipinski definition) is 1. The minimum absolute atomic E-state index is 0.742. The van der Waals surface area contributed by atoms with Crippen molar-refractivity contribution in [2.75, 3.05) is 17.7 Å². The molecule has 0 aliphatic rings. The van der Waals surface area contributed by atoms with Crippen LogP contribution in [-0.4, -0.2) is 12.0 Å². The van der Waals surface area contributed by atoms with Gasteiger partial charge in [-0.05, 0) is 36.1 Å². The highest BCUT2D eigenvalue weighted by Gasteiger charge is 2.05. The number of anilines is 2. The van der Waals surface area contributed by atoms with Crippen LogP contribution in [0.4, 0.5) is 11.5 Å². The summed E-state index contributed by atoms with van der Waals surface area (Å²) >= 11 is 0. The highest BCUT2D eigenvalue weighted by atomic mass is 15.2. The quantitative estimate of drug-likeness (QED) is 0.902.